The quantitative estimate of drug-likeness (QED) is 0.633. The van der Waals surface area contributed by atoms with Crippen LogP contribution in [-0.4, -0.2) is 22.4 Å². The molecule has 1 N–H and O–H groups in total. The standard InChI is InChI=1S/C21H20ClFN4O/c1-4-27(16-7-5-6-13(2)10-16)20(28)19-11-14(3)24-21(26-19)25-15-8-9-18(23)17(22)12-15/h5-12H,4H2,1-3H3,(H,24,25,26). The highest BCUT2D eigenvalue weighted by molar-refractivity contribution is 6.31. The van der Waals surface area contributed by atoms with Crippen LogP contribution in [0.15, 0.2) is 48.5 Å². The molecule has 3 aromatic rings. The van der Waals surface area contributed by atoms with E-state index in [2.05, 4.69) is 15.3 Å². The van der Waals surface area contributed by atoms with Crippen molar-refractivity contribution in [2.75, 3.05) is 16.8 Å². The molecule has 1 heterocycles. The van der Waals surface area contributed by atoms with Gasteiger partial charge in [-0.1, -0.05) is 23.7 Å². The van der Waals surface area contributed by atoms with Crippen LogP contribution < -0.4 is 10.2 Å². The van der Waals surface area contributed by atoms with Crippen molar-refractivity contribution in [1.29, 1.82) is 0 Å². The number of carbonyl (C=O) groups is 1. The molecule has 0 saturated heterocycles. The Kier molecular flexibility index (Phi) is 5.90. The molecule has 3 rings (SSSR count). The first-order chi connectivity index (χ1) is 13.4. The van der Waals surface area contributed by atoms with Gasteiger partial charge in [0.25, 0.3) is 5.91 Å². The fourth-order valence-corrected chi connectivity index (χ4v) is 3.00. The Morgan fingerprint density at radius 1 is 1.14 bits per heavy atom. The lowest BCUT2D eigenvalue weighted by Crippen LogP contribution is -2.31. The Morgan fingerprint density at radius 2 is 1.93 bits per heavy atom. The second-order valence-corrected chi connectivity index (χ2v) is 6.77. The summed E-state index contributed by atoms with van der Waals surface area (Å²) in [6, 6.07) is 13.6. The molecule has 28 heavy (non-hydrogen) atoms. The number of benzene rings is 2. The number of hydrogen-bond acceptors (Lipinski definition) is 4. The summed E-state index contributed by atoms with van der Waals surface area (Å²) >= 11 is 5.82. The maximum absolute atomic E-state index is 13.3. The summed E-state index contributed by atoms with van der Waals surface area (Å²) in [5.41, 5.74) is 3.31. The van der Waals surface area contributed by atoms with Gasteiger partial charge in [-0.05, 0) is 62.7 Å². The molecule has 0 bridgehead atoms. The van der Waals surface area contributed by atoms with Crippen LogP contribution >= 0.6 is 11.6 Å². The number of halogens is 2. The molecule has 144 valence electrons. The molecule has 1 amide bonds. The van der Waals surface area contributed by atoms with Gasteiger partial charge in [0.2, 0.25) is 5.95 Å². The second kappa shape index (κ2) is 8.35. The molecular weight excluding hydrogens is 379 g/mol. The minimum atomic E-state index is -0.509. The van der Waals surface area contributed by atoms with Gasteiger partial charge in [0, 0.05) is 23.6 Å². The largest absolute Gasteiger partial charge is 0.324 e. The Balaban J connectivity index is 1.91. The minimum absolute atomic E-state index is 0.00874. The third-order valence-electron chi connectivity index (χ3n) is 4.12. The van der Waals surface area contributed by atoms with Crippen LogP contribution in [0, 0.1) is 19.7 Å². The minimum Gasteiger partial charge on any atom is -0.324 e. The number of aryl methyl sites for hydroxylation is 2. The van der Waals surface area contributed by atoms with E-state index in [0.717, 1.165) is 11.3 Å². The van der Waals surface area contributed by atoms with Crippen LogP contribution in [0.25, 0.3) is 0 Å². The summed E-state index contributed by atoms with van der Waals surface area (Å²) in [7, 11) is 0. The topological polar surface area (TPSA) is 58.1 Å². The van der Waals surface area contributed by atoms with E-state index in [1.54, 1.807) is 17.9 Å². The van der Waals surface area contributed by atoms with E-state index in [-0.39, 0.29) is 22.6 Å². The zero-order chi connectivity index (χ0) is 20.3. The Hall–Kier alpha value is -2.99. The van der Waals surface area contributed by atoms with Gasteiger partial charge in [-0.3, -0.25) is 4.79 Å². The first-order valence-electron chi connectivity index (χ1n) is 8.83. The highest BCUT2D eigenvalue weighted by atomic mass is 35.5. The number of hydrogen-bond donors (Lipinski definition) is 1. The molecule has 0 unspecified atom stereocenters. The summed E-state index contributed by atoms with van der Waals surface area (Å²) in [5.74, 6) is -0.491. The van der Waals surface area contributed by atoms with Gasteiger partial charge in [0.05, 0.1) is 5.02 Å². The molecule has 0 fully saturated rings. The predicted octanol–water partition coefficient (Wildman–Crippen LogP) is 5.30. The fourth-order valence-electron chi connectivity index (χ4n) is 2.81. The lowest BCUT2D eigenvalue weighted by atomic mass is 10.2. The Labute approximate surface area is 168 Å². The molecule has 0 aliphatic heterocycles. The average molecular weight is 399 g/mol. The molecule has 0 radical (unpaired) electrons. The highest BCUT2D eigenvalue weighted by Crippen LogP contribution is 2.23. The van der Waals surface area contributed by atoms with Gasteiger partial charge in [-0.25, -0.2) is 14.4 Å². The van der Waals surface area contributed by atoms with Crippen molar-refractivity contribution in [3.05, 3.63) is 76.3 Å². The summed E-state index contributed by atoms with van der Waals surface area (Å²) in [6.45, 7) is 6.17. The zero-order valence-corrected chi connectivity index (χ0v) is 16.6. The van der Waals surface area contributed by atoms with Crippen molar-refractivity contribution in [3.63, 3.8) is 0 Å². The van der Waals surface area contributed by atoms with E-state index in [1.807, 2.05) is 38.1 Å². The third kappa shape index (κ3) is 4.46. The monoisotopic (exact) mass is 398 g/mol. The van der Waals surface area contributed by atoms with Crippen LogP contribution in [0.1, 0.15) is 28.7 Å². The smallest absolute Gasteiger partial charge is 0.277 e. The van der Waals surface area contributed by atoms with Gasteiger partial charge in [0.1, 0.15) is 11.5 Å². The van der Waals surface area contributed by atoms with Crippen molar-refractivity contribution in [3.8, 4) is 0 Å². The lowest BCUT2D eigenvalue weighted by molar-refractivity contribution is 0.0983. The maximum atomic E-state index is 13.3. The number of aromatic nitrogens is 2. The van der Waals surface area contributed by atoms with Crippen molar-refractivity contribution in [1.82, 2.24) is 9.97 Å². The first-order valence-corrected chi connectivity index (χ1v) is 9.21. The van der Waals surface area contributed by atoms with Crippen LogP contribution in [0.5, 0.6) is 0 Å². The molecule has 0 aliphatic rings. The van der Waals surface area contributed by atoms with Crippen LogP contribution in [0.4, 0.5) is 21.7 Å². The zero-order valence-electron chi connectivity index (χ0n) is 15.8. The molecule has 0 spiro atoms. The van der Waals surface area contributed by atoms with Gasteiger partial charge in [-0.2, -0.15) is 0 Å². The van der Waals surface area contributed by atoms with Crippen molar-refractivity contribution in [2.45, 2.75) is 20.8 Å². The van der Waals surface area contributed by atoms with E-state index in [1.165, 1.54) is 18.2 Å². The first kappa shape index (κ1) is 19.8. The lowest BCUT2D eigenvalue weighted by Gasteiger charge is -2.21. The summed E-state index contributed by atoms with van der Waals surface area (Å²) in [4.78, 5) is 23.4. The van der Waals surface area contributed by atoms with E-state index in [0.29, 0.717) is 17.9 Å². The summed E-state index contributed by atoms with van der Waals surface area (Å²) in [5, 5.41) is 2.96. The van der Waals surface area contributed by atoms with E-state index >= 15 is 0 Å². The fraction of sp³-hybridized carbons (Fsp3) is 0.190. The Morgan fingerprint density at radius 3 is 2.61 bits per heavy atom. The van der Waals surface area contributed by atoms with Crippen LogP contribution in [-0.2, 0) is 0 Å². The molecular formula is C21H20ClFN4O. The van der Waals surface area contributed by atoms with Crippen LogP contribution in [0.2, 0.25) is 5.02 Å². The van der Waals surface area contributed by atoms with Crippen molar-refractivity contribution < 1.29 is 9.18 Å². The van der Waals surface area contributed by atoms with E-state index in [4.69, 9.17) is 11.6 Å². The molecule has 0 atom stereocenters. The predicted molar refractivity (Wildman–Crippen MR) is 110 cm³/mol. The van der Waals surface area contributed by atoms with Gasteiger partial charge >= 0.3 is 0 Å². The number of amides is 1. The van der Waals surface area contributed by atoms with Gasteiger partial charge in [-0.15, -0.1) is 0 Å². The number of nitrogens with zero attached hydrogens (tertiary/aromatic N) is 3. The molecule has 2 aromatic carbocycles. The number of anilines is 3. The maximum Gasteiger partial charge on any atom is 0.277 e. The summed E-state index contributed by atoms with van der Waals surface area (Å²) < 4.78 is 13.3. The van der Waals surface area contributed by atoms with Crippen molar-refractivity contribution >= 4 is 34.8 Å². The van der Waals surface area contributed by atoms with E-state index < -0.39 is 5.82 Å². The molecule has 5 nitrogen and oxygen atoms in total. The van der Waals surface area contributed by atoms with Gasteiger partial charge < -0.3 is 10.2 Å². The normalized spacial score (nSPS) is 10.6. The summed E-state index contributed by atoms with van der Waals surface area (Å²) in [6.07, 6.45) is 0. The van der Waals surface area contributed by atoms with Gasteiger partial charge in [0.15, 0.2) is 0 Å². The molecule has 1 aromatic heterocycles. The Bertz CT molecular complexity index is 1030. The SMILES string of the molecule is CCN(C(=O)c1cc(C)nc(Nc2ccc(F)c(Cl)c2)n1)c1cccc(C)c1. The van der Waals surface area contributed by atoms with Crippen molar-refractivity contribution in [2.24, 2.45) is 0 Å². The number of nitrogens with one attached hydrogen (secondary N) is 1. The molecule has 0 saturated carbocycles. The molecule has 0 aliphatic carbocycles. The number of rotatable bonds is 5. The third-order valence-corrected chi connectivity index (χ3v) is 4.41. The van der Waals surface area contributed by atoms with Crippen LogP contribution in [0.3, 0.4) is 0 Å². The molecule has 7 heteroatoms. The van der Waals surface area contributed by atoms with E-state index in [9.17, 15) is 9.18 Å². The highest BCUT2D eigenvalue weighted by Gasteiger charge is 2.19. The number of carbonyl (C=O) groups excluding carboxylic acids is 1. The second-order valence-electron chi connectivity index (χ2n) is 6.36. The average Bonchev–Trinajstić information content (AvgIpc) is 2.65.